The summed E-state index contributed by atoms with van der Waals surface area (Å²) in [6.45, 7) is 1.71. The lowest BCUT2D eigenvalue weighted by molar-refractivity contribution is -0.142. The number of rotatable bonds is 17. The molecule has 2 aliphatic rings. The Labute approximate surface area is 320 Å². The van der Waals surface area contributed by atoms with Gasteiger partial charge in [-0.2, -0.15) is 0 Å². The molecular weight excluding hydrogens is 704 g/mol. The molecule has 1 heterocycles. The van der Waals surface area contributed by atoms with Crippen molar-refractivity contribution in [3.05, 3.63) is 101 Å². The Balaban J connectivity index is 1.45. The molecule has 0 radical (unpaired) electrons. The maximum absolute atomic E-state index is 14.5. The van der Waals surface area contributed by atoms with Crippen molar-refractivity contribution < 1.29 is 43.7 Å². The minimum Gasteiger partial charge on any atom is -0.497 e. The second-order valence-corrected chi connectivity index (χ2v) is 14.1. The van der Waals surface area contributed by atoms with Gasteiger partial charge in [0, 0.05) is 32.0 Å². The average Bonchev–Trinajstić information content (AvgIpc) is 3.76. The van der Waals surface area contributed by atoms with E-state index < -0.39 is 41.4 Å². The summed E-state index contributed by atoms with van der Waals surface area (Å²) in [6, 6.07) is 22.5. The van der Waals surface area contributed by atoms with E-state index in [1.807, 2.05) is 42.5 Å². The van der Waals surface area contributed by atoms with E-state index in [1.54, 1.807) is 48.4 Å². The molecule has 4 N–H and O–H groups in total. The van der Waals surface area contributed by atoms with Crippen molar-refractivity contribution in [3.8, 4) is 5.75 Å². The Bertz CT molecular complexity index is 1890. The van der Waals surface area contributed by atoms with Crippen LogP contribution >= 0.6 is 0 Å². The second-order valence-electron chi connectivity index (χ2n) is 14.1. The van der Waals surface area contributed by atoms with Gasteiger partial charge in [-0.15, -0.1) is 0 Å². The van der Waals surface area contributed by atoms with E-state index in [9.17, 15) is 39.0 Å². The number of amides is 4. The number of hydrogen-bond donors (Lipinski definition) is 4. The summed E-state index contributed by atoms with van der Waals surface area (Å²) in [5.74, 6) is -3.19. The lowest BCUT2D eigenvalue weighted by atomic mass is 9.81. The Morgan fingerprint density at radius 1 is 0.891 bits per heavy atom. The number of carboxylic acid groups (broad SMARTS) is 2. The topological polar surface area (TPSA) is 183 Å². The summed E-state index contributed by atoms with van der Waals surface area (Å²) in [5.41, 5.74) is 1.62. The van der Waals surface area contributed by atoms with Crippen LogP contribution in [0.15, 0.2) is 84.6 Å². The molecule has 0 spiro atoms. The van der Waals surface area contributed by atoms with Crippen molar-refractivity contribution in [1.82, 2.24) is 15.5 Å². The van der Waals surface area contributed by atoms with E-state index in [4.69, 9.17) is 4.74 Å². The zero-order chi connectivity index (χ0) is 39.5. The van der Waals surface area contributed by atoms with Crippen LogP contribution in [-0.4, -0.2) is 76.5 Å². The minimum atomic E-state index is -1.32. The van der Waals surface area contributed by atoms with Crippen molar-refractivity contribution >= 4 is 47.3 Å². The molecule has 5 rings (SSSR count). The third-order valence-corrected chi connectivity index (χ3v) is 10.4. The maximum Gasteiger partial charge on any atom is 0.352 e. The number of benzene rings is 3. The average molecular weight is 753 g/mol. The van der Waals surface area contributed by atoms with Crippen molar-refractivity contribution in [3.63, 3.8) is 0 Å². The molecule has 0 bridgehead atoms. The molecule has 1 aliphatic heterocycles. The standard InChI is InChI=1S/C42H48N4O9/c1-28(47)43-25-24-42(22-6-7-23-42)41(54)44-34(40(52)53)26-30-10-15-32(16-11-30)45-36(19-14-29-8-4-3-5-9-29)46(37(48)20-21-38(49)50)35(39(45)51)27-31-12-17-33(55-2)18-13-31/h3-5,8-13,15-18,26,35-36H,6-7,14,19-25,27H2,1-2H3,(H,43,47)(H,44,54)(H,49,50)(H,52,53). The number of aliphatic carboxylic acids is 2. The maximum atomic E-state index is 14.5. The molecule has 1 aliphatic carbocycles. The molecule has 13 nitrogen and oxygen atoms in total. The van der Waals surface area contributed by atoms with Crippen LogP contribution in [0.25, 0.3) is 6.08 Å². The van der Waals surface area contributed by atoms with Gasteiger partial charge in [-0.25, -0.2) is 4.79 Å². The number of carbonyl (C=O) groups excluding carboxylic acids is 4. The molecule has 1 saturated carbocycles. The molecule has 2 fully saturated rings. The van der Waals surface area contributed by atoms with E-state index >= 15 is 0 Å². The van der Waals surface area contributed by atoms with Gasteiger partial charge in [0.1, 0.15) is 23.7 Å². The highest BCUT2D eigenvalue weighted by Gasteiger charge is 2.48. The number of nitrogens with one attached hydrogen (secondary N) is 2. The largest absolute Gasteiger partial charge is 0.497 e. The van der Waals surface area contributed by atoms with Crippen molar-refractivity contribution in [1.29, 1.82) is 0 Å². The van der Waals surface area contributed by atoms with Crippen LogP contribution < -0.4 is 20.3 Å². The van der Waals surface area contributed by atoms with Gasteiger partial charge in [-0.3, -0.25) is 28.9 Å². The predicted octanol–water partition coefficient (Wildman–Crippen LogP) is 4.93. The number of carboxylic acids is 2. The van der Waals surface area contributed by atoms with Crippen LogP contribution in [-0.2, 0) is 41.6 Å². The first kappa shape index (κ1) is 40.2. The molecule has 2 unspecified atom stereocenters. The van der Waals surface area contributed by atoms with Crippen molar-refractivity contribution in [2.75, 3.05) is 18.6 Å². The van der Waals surface area contributed by atoms with E-state index in [0.717, 1.165) is 24.0 Å². The van der Waals surface area contributed by atoms with Crippen LogP contribution in [0, 0.1) is 5.41 Å². The Hall–Kier alpha value is -5.98. The fourth-order valence-electron chi connectivity index (χ4n) is 7.54. The summed E-state index contributed by atoms with van der Waals surface area (Å²) in [7, 11) is 1.55. The van der Waals surface area contributed by atoms with E-state index in [1.165, 1.54) is 17.9 Å². The Morgan fingerprint density at radius 2 is 1.56 bits per heavy atom. The van der Waals surface area contributed by atoms with Crippen LogP contribution in [0.5, 0.6) is 5.75 Å². The zero-order valence-corrected chi connectivity index (χ0v) is 31.2. The van der Waals surface area contributed by atoms with Crippen molar-refractivity contribution in [2.24, 2.45) is 5.41 Å². The van der Waals surface area contributed by atoms with Crippen LogP contribution in [0.2, 0.25) is 0 Å². The number of anilines is 1. The molecule has 0 aromatic heterocycles. The van der Waals surface area contributed by atoms with Crippen LogP contribution in [0.1, 0.15) is 75.0 Å². The highest BCUT2D eigenvalue weighted by molar-refractivity contribution is 6.04. The molecule has 13 heteroatoms. The van der Waals surface area contributed by atoms with Gasteiger partial charge in [0.25, 0.3) is 5.91 Å². The summed E-state index contributed by atoms with van der Waals surface area (Å²) in [4.78, 5) is 80.3. The molecule has 4 amide bonds. The van der Waals surface area contributed by atoms with E-state index in [0.29, 0.717) is 55.6 Å². The molecule has 1 saturated heterocycles. The molecule has 290 valence electrons. The lowest BCUT2D eigenvalue weighted by Crippen LogP contribution is -2.45. The van der Waals surface area contributed by atoms with Gasteiger partial charge >= 0.3 is 11.9 Å². The fraction of sp³-hybridized carbons (Fsp3) is 0.381. The number of aryl methyl sites for hydroxylation is 1. The van der Waals surface area contributed by atoms with Gasteiger partial charge in [-0.05, 0) is 79.1 Å². The van der Waals surface area contributed by atoms with Crippen LogP contribution in [0.3, 0.4) is 0 Å². The number of hydrogen-bond acceptors (Lipinski definition) is 7. The highest BCUT2D eigenvalue weighted by Crippen LogP contribution is 2.41. The number of carbonyl (C=O) groups is 6. The SMILES string of the molecule is COc1ccc(CC2C(=O)N(c3ccc(C=C(NC(=O)C4(CCNC(C)=O)CCCC4)C(=O)O)cc3)C(CCc3ccccc3)N2C(=O)CCC(=O)O)cc1. The summed E-state index contributed by atoms with van der Waals surface area (Å²) in [5, 5.41) is 24.8. The lowest BCUT2D eigenvalue weighted by Gasteiger charge is -2.32. The third-order valence-electron chi connectivity index (χ3n) is 10.4. The van der Waals surface area contributed by atoms with E-state index in [2.05, 4.69) is 10.6 Å². The highest BCUT2D eigenvalue weighted by atomic mass is 16.5. The van der Waals surface area contributed by atoms with Crippen LogP contribution in [0.4, 0.5) is 5.69 Å². The van der Waals surface area contributed by atoms with E-state index in [-0.39, 0.29) is 36.8 Å². The van der Waals surface area contributed by atoms with Gasteiger partial charge < -0.3 is 30.5 Å². The first-order valence-electron chi connectivity index (χ1n) is 18.5. The summed E-state index contributed by atoms with van der Waals surface area (Å²) >= 11 is 0. The minimum absolute atomic E-state index is 0.189. The molecular formula is C42H48N4O9. The Morgan fingerprint density at radius 3 is 2.16 bits per heavy atom. The number of ether oxygens (including phenoxy) is 1. The quantitative estimate of drug-likeness (QED) is 0.139. The smallest absolute Gasteiger partial charge is 0.352 e. The molecule has 55 heavy (non-hydrogen) atoms. The summed E-state index contributed by atoms with van der Waals surface area (Å²) < 4.78 is 5.29. The van der Waals surface area contributed by atoms with Gasteiger partial charge in [0.05, 0.1) is 18.9 Å². The zero-order valence-electron chi connectivity index (χ0n) is 31.2. The molecule has 2 atom stereocenters. The monoisotopic (exact) mass is 752 g/mol. The van der Waals surface area contributed by atoms with Gasteiger partial charge in [-0.1, -0.05) is 67.4 Å². The van der Waals surface area contributed by atoms with Gasteiger partial charge in [0.15, 0.2) is 0 Å². The first-order valence-corrected chi connectivity index (χ1v) is 18.5. The predicted molar refractivity (Wildman–Crippen MR) is 205 cm³/mol. The Kier molecular flexibility index (Phi) is 13.4. The molecule has 3 aromatic rings. The number of methoxy groups -OCH3 is 1. The van der Waals surface area contributed by atoms with Gasteiger partial charge in [0.2, 0.25) is 17.7 Å². The fourth-order valence-corrected chi connectivity index (χ4v) is 7.54. The normalized spacial score (nSPS) is 17.9. The number of nitrogens with zero attached hydrogens (tertiary/aromatic N) is 2. The van der Waals surface area contributed by atoms with Crippen molar-refractivity contribution in [2.45, 2.75) is 83.3 Å². The third kappa shape index (κ3) is 10.2. The summed E-state index contributed by atoms with van der Waals surface area (Å²) in [6.07, 6.45) is 4.26. The first-order chi connectivity index (χ1) is 26.4. The molecule has 3 aromatic carbocycles. The second kappa shape index (κ2) is 18.4.